The molecule has 0 spiro atoms. The van der Waals surface area contributed by atoms with Crippen LogP contribution >= 0.6 is 0 Å². The average molecular weight is 501 g/mol. The zero-order chi connectivity index (χ0) is 26.1. The van der Waals surface area contributed by atoms with E-state index < -0.39 is 5.97 Å². The molecular weight excluding hydrogens is 448 g/mol. The van der Waals surface area contributed by atoms with Gasteiger partial charge >= 0.3 is 11.9 Å². The third-order valence-corrected chi connectivity index (χ3v) is 11.3. The summed E-state index contributed by atoms with van der Waals surface area (Å²) in [6, 6.07) is 0. The Balaban J connectivity index is 1.38. The van der Waals surface area contributed by atoms with Crippen LogP contribution in [0.15, 0.2) is 11.6 Å². The lowest BCUT2D eigenvalue weighted by Crippen LogP contribution is -2.51. The standard InChI is InChI=1S/C32H52O4/c1-21(2)8-6-9-22(3)26-14-15-27-25-13-12-23-20-24(36-30(35)11-7-10-29(33)34)16-18-31(23,4)28(25)17-19-32(26,27)5/h12,21-22,24-28H,6-11,13-20H2,1-5H3,(H,33,34)/t22-,24?,25+,26-,27+,28+,31+,32-/m1/s1. The summed E-state index contributed by atoms with van der Waals surface area (Å²) in [5.74, 6) is 3.94. The van der Waals surface area contributed by atoms with E-state index in [-0.39, 0.29) is 30.3 Å². The molecule has 4 aliphatic rings. The predicted octanol–water partition coefficient (Wildman–Crippen LogP) is 8.19. The molecule has 8 atom stereocenters. The summed E-state index contributed by atoms with van der Waals surface area (Å²) in [4.78, 5) is 23.0. The van der Waals surface area contributed by atoms with Crippen LogP contribution in [0.2, 0.25) is 0 Å². The van der Waals surface area contributed by atoms with Crippen LogP contribution < -0.4 is 0 Å². The highest BCUT2D eigenvalue weighted by Crippen LogP contribution is 2.67. The molecule has 36 heavy (non-hydrogen) atoms. The Morgan fingerprint density at radius 2 is 1.78 bits per heavy atom. The van der Waals surface area contributed by atoms with Crippen molar-refractivity contribution < 1.29 is 19.4 Å². The number of rotatable bonds is 10. The van der Waals surface area contributed by atoms with Crippen molar-refractivity contribution in [3.63, 3.8) is 0 Å². The van der Waals surface area contributed by atoms with Crippen LogP contribution in [0.3, 0.4) is 0 Å². The SMILES string of the molecule is CC(C)CCC[C@@H](C)[C@H]1CC[C@H]2[C@@H]3CC=C4CC(OC(=O)CCCC(=O)O)CC[C@]4(C)[C@H]3CC[C@]12C. The van der Waals surface area contributed by atoms with Gasteiger partial charge in [0.2, 0.25) is 0 Å². The monoisotopic (exact) mass is 500 g/mol. The van der Waals surface area contributed by atoms with E-state index in [4.69, 9.17) is 9.84 Å². The van der Waals surface area contributed by atoms with Gasteiger partial charge in [-0.2, -0.15) is 0 Å². The molecular formula is C32H52O4. The first-order chi connectivity index (χ1) is 17.0. The van der Waals surface area contributed by atoms with Gasteiger partial charge < -0.3 is 9.84 Å². The molecule has 0 radical (unpaired) electrons. The van der Waals surface area contributed by atoms with Crippen LogP contribution in [-0.2, 0) is 14.3 Å². The van der Waals surface area contributed by atoms with Crippen LogP contribution in [0.1, 0.15) is 125 Å². The molecule has 0 amide bonds. The number of carboxylic acid groups (broad SMARTS) is 1. The van der Waals surface area contributed by atoms with Gasteiger partial charge in [-0.05, 0) is 97.7 Å². The minimum absolute atomic E-state index is 0.0315. The van der Waals surface area contributed by atoms with Crippen molar-refractivity contribution in [1.29, 1.82) is 0 Å². The molecule has 4 nitrogen and oxygen atoms in total. The molecule has 0 saturated heterocycles. The Bertz CT molecular complexity index is 830. The van der Waals surface area contributed by atoms with Gasteiger partial charge in [-0.1, -0.05) is 65.5 Å². The summed E-state index contributed by atoms with van der Waals surface area (Å²) in [6.45, 7) is 12.4. The zero-order valence-electron chi connectivity index (χ0n) is 23.7. The molecule has 0 aromatic heterocycles. The molecule has 0 aromatic carbocycles. The van der Waals surface area contributed by atoms with Crippen LogP contribution in [0.5, 0.6) is 0 Å². The first-order valence-corrected chi connectivity index (χ1v) is 15.2. The number of hydrogen-bond donors (Lipinski definition) is 1. The van der Waals surface area contributed by atoms with Crippen LogP contribution in [0.25, 0.3) is 0 Å². The largest absolute Gasteiger partial charge is 0.481 e. The van der Waals surface area contributed by atoms with Crippen molar-refractivity contribution in [1.82, 2.24) is 0 Å². The van der Waals surface area contributed by atoms with Crippen molar-refractivity contribution in [2.24, 2.45) is 46.3 Å². The molecule has 0 aromatic rings. The number of aliphatic carboxylic acids is 1. The molecule has 3 saturated carbocycles. The van der Waals surface area contributed by atoms with E-state index in [1.165, 1.54) is 51.4 Å². The van der Waals surface area contributed by atoms with Crippen LogP contribution in [0.4, 0.5) is 0 Å². The van der Waals surface area contributed by atoms with Crippen molar-refractivity contribution in [3.05, 3.63) is 11.6 Å². The quantitative estimate of drug-likeness (QED) is 0.242. The van der Waals surface area contributed by atoms with E-state index in [9.17, 15) is 9.59 Å². The molecule has 4 heteroatoms. The maximum absolute atomic E-state index is 12.3. The van der Waals surface area contributed by atoms with Crippen molar-refractivity contribution in [3.8, 4) is 0 Å². The summed E-state index contributed by atoms with van der Waals surface area (Å²) in [5, 5.41) is 8.81. The van der Waals surface area contributed by atoms with Crippen LogP contribution in [0, 0.1) is 46.3 Å². The molecule has 0 heterocycles. The number of hydrogen-bond acceptors (Lipinski definition) is 3. The van der Waals surface area contributed by atoms with Gasteiger partial charge in [-0.3, -0.25) is 9.59 Å². The molecule has 4 rings (SSSR count). The first-order valence-electron chi connectivity index (χ1n) is 15.2. The molecule has 3 fully saturated rings. The van der Waals surface area contributed by atoms with E-state index in [0.29, 0.717) is 11.8 Å². The zero-order valence-corrected chi connectivity index (χ0v) is 23.7. The van der Waals surface area contributed by atoms with Gasteiger partial charge in [0.05, 0.1) is 0 Å². The third kappa shape index (κ3) is 5.58. The summed E-state index contributed by atoms with van der Waals surface area (Å²) in [7, 11) is 0. The minimum Gasteiger partial charge on any atom is -0.481 e. The maximum Gasteiger partial charge on any atom is 0.306 e. The lowest BCUT2D eigenvalue weighted by molar-refractivity contribution is -0.151. The Hall–Kier alpha value is -1.32. The van der Waals surface area contributed by atoms with Crippen molar-refractivity contribution in [2.75, 3.05) is 0 Å². The average Bonchev–Trinajstić information content (AvgIpc) is 3.16. The van der Waals surface area contributed by atoms with Gasteiger partial charge in [0.25, 0.3) is 0 Å². The van der Waals surface area contributed by atoms with E-state index in [2.05, 4.69) is 40.7 Å². The summed E-state index contributed by atoms with van der Waals surface area (Å²) in [5.41, 5.74) is 2.32. The molecule has 1 unspecified atom stereocenters. The lowest BCUT2D eigenvalue weighted by Gasteiger charge is -2.58. The maximum atomic E-state index is 12.3. The summed E-state index contributed by atoms with van der Waals surface area (Å²) >= 11 is 0. The number of esters is 1. The minimum atomic E-state index is -0.851. The molecule has 1 N–H and O–H groups in total. The van der Waals surface area contributed by atoms with E-state index in [1.807, 2.05) is 0 Å². The van der Waals surface area contributed by atoms with E-state index in [0.717, 1.165) is 54.8 Å². The highest BCUT2D eigenvalue weighted by molar-refractivity contribution is 5.71. The fourth-order valence-corrected chi connectivity index (χ4v) is 9.38. The predicted molar refractivity (Wildman–Crippen MR) is 144 cm³/mol. The van der Waals surface area contributed by atoms with Crippen molar-refractivity contribution in [2.45, 2.75) is 131 Å². The van der Waals surface area contributed by atoms with Gasteiger partial charge in [-0.15, -0.1) is 0 Å². The summed E-state index contributed by atoms with van der Waals surface area (Å²) < 4.78 is 5.80. The number of carbonyl (C=O) groups excluding carboxylic acids is 1. The number of allylic oxidation sites excluding steroid dienone is 1. The lowest BCUT2D eigenvalue weighted by atomic mass is 9.47. The fraction of sp³-hybridized carbons (Fsp3) is 0.875. The first kappa shape index (κ1) is 27.7. The van der Waals surface area contributed by atoms with Gasteiger partial charge in [-0.25, -0.2) is 0 Å². The van der Waals surface area contributed by atoms with Gasteiger partial charge in [0.15, 0.2) is 0 Å². The smallest absolute Gasteiger partial charge is 0.306 e. The topological polar surface area (TPSA) is 63.6 Å². The Morgan fingerprint density at radius 3 is 2.50 bits per heavy atom. The fourth-order valence-electron chi connectivity index (χ4n) is 9.38. The normalized spacial score (nSPS) is 38.5. The summed E-state index contributed by atoms with van der Waals surface area (Å²) in [6.07, 6.45) is 17.0. The van der Waals surface area contributed by atoms with Crippen molar-refractivity contribution >= 4 is 11.9 Å². The highest BCUT2D eigenvalue weighted by Gasteiger charge is 2.59. The second-order valence-electron chi connectivity index (χ2n) is 13.9. The second kappa shape index (κ2) is 11.2. The molecule has 0 aliphatic heterocycles. The van der Waals surface area contributed by atoms with Gasteiger partial charge in [0.1, 0.15) is 6.10 Å². The highest BCUT2D eigenvalue weighted by atomic mass is 16.5. The number of ether oxygens (including phenoxy) is 1. The Morgan fingerprint density at radius 1 is 1.00 bits per heavy atom. The molecule has 4 aliphatic carbocycles. The third-order valence-electron chi connectivity index (χ3n) is 11.3. The number of carboxylic acids is 1. The molecule has 0 bridgehead atoms. The Labute approximate surface area is 220 Å². The molecule has 204 valence electrons. The van der Waals surface area contributed by atoms with Gasteiger partial charge in [0, 0.05) is 19.3 Å². The second-order valence-corrected chi connectivity index (χ2v) is 13.9. The van der Waals surface area contributed by atoms with E-state index >= 15 is 0 Å². The Kier molecular flexibility index (Phi) is 8.62. The number of carbonyl (C=O) groups is 2. The number of fused-ring (bicyclic) bond motifs is 5. The van der Waals surface area contributed by atoms with Crippen LogP contribution in [-0.4, -0.2) is 23.1 Å². The van der Waals surface area contributed by atoms with E-state index in [1.54, 1.807) is 5.57 Å².